The largest absolute Gasteiger partial charge is 0.494 e. The monoisotopic (exact) mass is 382 g/mol. The fourth-order valence-electron chi connectivity index (χ4n) is 2.76. The first-order valence-corrected chi connectivity index (χ1v) is 9.16. The van der Waals surface area contributed by atoms with Crippen LogP contribution in [0.25, 0.3) is 6.08 Å². The van der Waals surface area contributed by atoms with E-state index in [2.05, 4.69) is 0 Å². The molecule has 0 N–H and O–H groups in total. The molecule has 6 nitrogen and oxygen atoms in total. The highest BCUT2D eigenvalue weighted by molar-refractivity contribution is 6.14. The average molecular weight is 382 g/mol. The van der Waals surface area contributed by atoms with E-state index in [0.717, 1.165) is 5.56 Å². The highest BCUT2D eigenvalue weighted by atomic mass is 16.6. The molecule has 0 spiro atoms. The molecule has 0 saturated heterocycles. The molecular weight excluding hydrogens is 360 g/mol. The fraction of sp³-hybridized carbons (Fsp3) is 0.273. The quantitative estimate of drug-likeness (QED) is 0.532. The van der Waals surface area contributed by atoms with Crippen molar-refractivity contribution in [2.75, 3.05) is 13.2 Å². The van der Waals surface area contributed by atoms with Crippen molar-refractivity contribution in [1.82, 2.24) is 0 Å². The van der Waals surface area contributed by atoms with Crippen LogP contribution in [-0.4, -0.2) is 31.1 Å². The van der Waals surface area contributed by atoms with Crippen LogP contribution in [0.3, 0.4) is 0 Å². The molecule has 0 aliphatic carbocycles. The zero-order valence-electron chi connectivity index (χ0n) is 16.1. The van der Waals surface area contributed by atoms with Gasteiger partial charge in [0.1, 0.15) is 17.2 Å². The van der Waals surface area contributed by atoms with Gasteiger partial charge in [-0.25, -0.2) is 4.79 Å². The Kier molecular flexibility index (Phi) is 5.99. The van der Waals surface area contributed by atoms with Gasteiger partial charge in [0, 0.05) is 6.07 Å². The van der Waals surface area contributed by atoms with Crippen molar-refractivity contribution in [3.8, 4) is 17.2 Å². The van der Waals surface area contributed by atoms with Crippen LogP contribution in [0.15, 0.2) is 48.2 Å². The summed E-state index contributed by atoms with van der Waals surface area (Å²) in [5.41, 5.74) is 1.22. The van der Waals surface area contributed by atoms with E-state index in [1.807, 2.05) is 13.0 Å². The van der Waals surface area contributed by atoms with Crippen LogP contribution in [0.1, 0.15) is 36.7 Å². The van der Waals surface area contributed by atoms with E-state index in [4.69, 9.17) is 18.9 Å². The van der Waals surface area contributed by atoms with Gasteiger partial charge in [-0.15, -0.1) is 0 Å². The molecule has 0 amide bonds. The van der Waals surface area contributed by atoms with Gasteiger partial charge in [0.05, 0.1) is 18.8 Å². The molecule has 28 heavy (non-hydrogen) atoms. The lowest BCUT2D eigenvalue weighted by molar-refractivity contribution is -0.150. The summed E-state index contributed by atoms with van der Waals surface area (Å²) in [5, 5.41) is 0. The van der Waals surface area contributed by atoms with Crippen LogP contribution in [0.2, 0.25) is 0 Å². The van der Waals surface area contributed by atoms with Crippen molar-refractivity contribution >= 4 is 17.8 Å². The van der Waals surface area contributed by atoms with E-state index < -0.39 is 12.1 Å². The lowest BCUT2D eigenvalue weighted by Gasteiger charge is -2.13. The second kappa shape index (κ2) is 8.61. The van der Waals surface area contributed by atoms with Crippen LogP contribution >= 0.6 is 0 Å². The van der Waals surface area contributed by atoms with Crippen molar-refractivity contribution in [2.45, 2.75) is 26.9 Å². The van der Waals surface area contributed by atoms with Gasteiger partial charge in [0.15, 0.2) is 11.9 Å². The maximum absolute atomic E-state index is 12.6. The molecule has 1 aliphatic rings. The van der Waals surface area contributed by atoms with Gasteiger partial charge in [0.2, 0.25) is 5.78 Å². The predicted molar refractivity (Wildman–Crippen MR) is 104 cm³/mol. The van der Waals surface area contributed by atoms with E-state index in [1.165, 1.54) is 0 Å². The van der Waals surface area contributed by atoms with Crippen LogP contribution in [0.5, 0.6) is 17.2 Å². The molecule has 0 bridgehead atoms. The first-order valence-electron chi connectivity index (χ1n) is 9.16. The molecule has 0 radical (unpaired) electrons. The summed E-state index contributed by atoms with van der Waals surface area (Å²) in [7, 11) is 0. The minimum Gasteiger partial charge on any atom is -0.494 e. The van der Waals surface area contributed by atoms with Gasteiger partial charge in [-0.3, -0.25) is 4.79 Å². The Morgan fingerprint density at radius 3 is 2.68 bits per heavy atom. The molecule has 2 aromatic carbocycles. The van der Waals surface area contributed by atoms with Crippen LogP contribution in [0.4, 0.5) is 0 Å². The predicted octanol–water partition coefficient (Wildman–Crippen LogP) is 4.03. The van der Waals surface area contributed by atoms with E-state index in [0.29, 0.717) is 36.0 Å². The van der Waals surface area contributed by atoms with Crippen molar-refractivity contribution in [2.24, 2.45) is 0 Å². The molecule has 1 atom stereocenters. The number of ether oxygens (including phenoxy) is 4. The molecule has 3 rings (SSSR count). The van der Waals surface area contributed by atoms with Crippen molar-refractivity contribution in [1.29, 1.82) is 0 Å². The molecule has 2 aromatic rings. The minimum atomic E-state index is -0.728. The van der Waals surface area contributed by atoms with Gasteiger partial charge < -0.3 is 18.9 Å². The number of hydrogen-bond acceptors (Lipinski definition) is 6. The Hall–Kier alpha value is -3.28. The molecule has 1 heterocycles. The van der Waals surface area contributed by atoms with Crippen molar-refractivity contribution < 1.29 is 28.5 Å². The molecule has 146 valence electrons. The Labute approximate surface area is 163 Å². The number of carbonyl (C=O) groups excluding carboxylic acids is 2. The number of hydrogen-bond donors (Lipinski definition) is 0. The van der Waals surface area contributed by atoms with Gasteiger partial charge in [-0.2, -0.15) is 0 Å². The zero-order valence-corrected chi connectivity index (χ0v) is 16.1. The second-order valence-electron chi connectivity index (χ2n) is 6.12. The number of benzene rings is 2. The van der Waals surface area contributed by atoms with E-state index in [9.17, 15) is 9.59 Å². The average Bonchev–Trinajstić information content (AvgIpc) is 2.97. The molecule has 0 unspecified atom stereocenters. The van der Waals surface area contributed by atoms with Crippen LogP contribution < -0.4 is 14.2 Å². The van der Waals surface area contributed by atoms with Crippen LogP contribution in [-0.2, 0) is 9.53 Å². The molecular formula is C22H22O6. The Morgan fingerprint density at radius 1 is 1.11 bits per heavy atom. The van der Waals surface area contributed by atoms with Gasteiger partial charge in [0.25, 0.3) is 0 Å². The highest BCUT2D eigenvalue weighted by Gasteiger charge is 2.27. The smallest absolute Gasteiger partial charge is 0.347 e. The number of carbonyl (C=O) groups is 2. The van der Waals surface area contributed by atoms with Crippen LogP contribution in [0, 0.1) is 0 Å². The SMILES string of the molecule is CCOC(=O)[C@H](C)Oc1cccc(/C=C2\Oc3cc(OCC)ccc3C2=O)c1. The number of Topliss-reactive ketones (excluding diaryl/α,β-unsaturated/α-hetero) is 1. The summed E-state index contributed by atoms with van der Waals surface area (Å²) in [6, 6.07) is 12.2. The minimum absolute atomic E-state index is 0.190. The Morgan fingerprint density at radius 2 is 1.93 bits per heavy atom. The number of fused-ring (bicyclic) bond motifs is 1. The summed E-state index contributed by atoms with van der Waals surface area (Å²) < 4.78 is 21.7. The molecule has 0 saturated carbocycles. The standard InChI is InChI=1S/C22H22O6/c1-4-25-16-9-10-18-19(13-16)28-20(21(18)23)12-15-7-6-8-17(11-15)27-14(3)22(24)26-5-2/h6-14H,4-5H2,1-3H3/b20-12-/t14-/m0/s1. The third-order valence-electron chi connectivity index (χ3n) is 4.04. The third kappa shape index (κ3) is 4.34. The normalized spacial score (nSPS) is 15.0. The van der Waals surface area contributed by atoms with E-state index in [1.54, 1.807) is 56.3 Å². The lowest BCUT2D eigenvalue weighted by atomic mass is 10.1. The summed E-state index contributed by atoms with van der Waals surface area (Å²) in [6.45, 7) is 6.09. The lowest BCUT2D eigenvalue weighted by Crippen LogP contribution is -2.26. The molecule has 0 aromatic heterocycles. The first kappa shape index (κ1) is 19.5. The molecule has 1 aliphatic heterocycles. The molecule has 0 fully saturated rings. The zero-order chi connectivity index (χ0) is 20.1. The van der Waals surface area contributed by atoms with Gasteiger partial charge >= 0.3 is 5.97 Å². The summed E-state index contributed by atoms with van der Waals surface area (Å²) in [4.78, 5) is 24.3. The summed E-state index contributed by atoms with van der Waals surface area (Å²) in [5.74, 6) is 1.23. The number of rotatable bonds is 7. The maximum Gasteiger partial charge on any atom is 0.347 e. The van der Waals surface area contributed by atoms with Crippen molar-refractivity contribution in [3.05, 3.63) is 59.4 Å². The third-order valence-corrected chi connectivity index (χ3v) is 4.04. The van der Waals surface area contributed by atoms with E-state index >= 15 is 0 Å². The fourth-order valence-corrected chi connectivity index (χ4v) is 2.76. The number of allylic oxidation sites excluding steroid dienone is 1. The summed E-state index contributed by atoms with van der Waals surface area (Å²) in [6.07, 6.45) is 0.915. The highest BCUT2D eigenvalue weighted by Crippen LogP contribution is 2.35. The second-order valence-corrected chi connectivity index (χ2v) is 6.12. The Balaban J connectivity index is 1.77. The van der Waals surface area contributed by atoms with Crippen molar-refractivity contribution in [3.63, 3.8) is 0 Å². The molecule has 6 heteroatoms. The topological polar surface area (TPSA) is 71.1 Å². The Bertz CT molecular complexity index is 915. The maximum atomic E-state index is 12.6. The summed E-state index contributed by atoms with van der Waals surface area (Å²) >= 11 is 0. The first-order chi connectivity index (χ1) is 13.5. The van der Waals surface area contributed by atoms with E-state index in [-0.39, 0.29) is 11.5 Å². The number of ketones is 1. The van der Waals surface area contributed by atoms with Gasteiger partial charge in [-0.05, 0) is 56.7 Å². The van der Waals surface area contributed by atoms with Gasteiger partial charge in [-0.1, -0.05) is 12.1 Å². The number of esters is 1.